The second kappa shape index (κ2) is 5.85. The van der Waals surface area contributed by atoms with Crippen molar-refractivity contribution in [2.75, 3.05) is 18.0 Å². The highest BCUT2D eigenvalue weighted by molar-refractivity contribution is 5.93. The molecule has 0 aromatic carbocycles. The molecule has 1 aliphatic carbocycles. The van der Waals surface area contributed by atoms with E-state index in [1.165, 1.54) is 18.9 Å². The summed E-state index contributed by atoms with van der Waals surface area (Å²) in [5.74, 6) is -0.170. The van der Waals surface area contributed by atoms with Crippen LogP contribution < -0.4 is 4.90 Å². The molecule has 0 radical (unpaired) electrons. The third-order valence-electron chi connectivity index (χ3n) is 3.29. The Hall–Kier alpha value is -2.18. The zero-order chi connectivity index (χ0) is 14.7. The van der Waals surface area contributed by atoms with Crippen LogP contribution in [0.4, 0.5) is 11.5 Å². The van der Waals surface area contributed by atoms with Gasteiger partial charge in [-0.3, -0.25) is 10.1 Å². The van der Waals surface area contributed by atoms with Crippen molar-refractivity contribution in [3.8, 4) is 0 Å². The predicted octanol–water partition coefficient (Wildman–Crippen LogP) is 2.31. The van der Waals surface area contributed by atoms with Gasteiger partial charge in [-0.25, -0.2) is 9.78 Å². The minimum atomic E-state index is -1.30. The van der Waals surface area contributed by atoms with Crippen LogP contribution in [0.2, 0.25) is 0 Å². The van der Waals surface area contributed by atoms with Gasteiger partial charge in [0.1, 0.15) is 17.6 Å². The van der Waals surface area contributed by atoms with Gasteiger partial charge in [0.25, 0.3) is 0 Å². The molecule has 0 aliphatic heterocycles. The molecule has 1 heterocycles. The number of aromatic nitrogens is 1. The molecule has 1 N–H and O–H groups in total. The lowest BCUT2D eigenvalue weighted by molar-refractivity contribution is -0.385. The molecule has 1 fully saturated rings. The zero-order valence-corrected chi connectivity index (χ0v) is 11.3. The van der Waals surface area contributed by atoms with Crippen LogP contribution >= 0.6 is 0 Å². The first-order valence-corrected chi connectivity index (χ1v) is 6.65. The lowest BCUT2D eigenvalue weighted by atomic mass is 10.2. The Kier molecular flexibility index (Phi) is 4.16. The van der Waals surface area contributed by atoms with E-state index in [4.69, 9.17) is 5.11 Å². The van der Waals surface area contributed by atoms with E-state index in [0.717, 1.165) is 25.7 Å². The lowest BCUT2D eigenvalue weighted by Gasteiger charge is -2.23. The third kappa shape index (κ3) is 3.23. The van der Waals surface area contributed by atoms with Gasteiger partial charge in [-0.05, 0) is 25.2 Å². The second-order valence-electron chi connectivity index (χ2n) is 5.01. The Bertz CT molecular complexity index is 528. The average molecular weight is 279 g/mol. The number of rotatable bonds is 7. The second-order valence-corrected chi connectivity index (χ2v) is 5.01. The average Bonchev–Trinajstić information content (AvgIpc) is 3.21. The van der Waals surface area contributed by atoms with E-state index < -0.39 is 16.6 Å². The predicted molar refractivity (Wildman–Crippen MR) is 73.1 cm³/mol. The quantitative estimate of drug-likeness (QED) is 0.607. The number of carboxylic acid groups (broad SMARTS) is 1. The summed E-state index contributed by atoms with van der Waals surface area (Å²) in [6.45, 7) is 3.63. The molecule has 1 saturated carbocycles. The maximum Gasteiger partial charge on any atom is 0.342 e. The summed E-state index contributed by atoms with van der Waals surface area (Å²) in [5.41, 5.74) is -0.777. The van der Waals surface area contributed by atoms with Gasteiger partial charge in [-0.15, -0.1) is 0 Å². The minimum absolute atomic E-state index is 0.308. The smallest absolute Gasteiger partial charge is 0.342 e. The fraction of sp³-hybridized carbons (Fsp3) is 0.538. The van der Waals surface area contributed by atoms with Crippen LogP contribution in [0, 0.1) is 16.0 Å². The van der Waals surface area contributed by atoms with E-state index in [1.54, 1.807) is 0 Å². The van der Waals surface area contributed by atoms with Crippen LogP contribution in [0.15, 0.2) is 12.3 Å². The number of pyridine rings is 1. The molecule has 0 saturated heterocycles. The number of hydrogen-bond donors (Lipinski definition) is 1. The summed E-state index contributed by atoms with van der Waals surface area (Å²) in [6, 6.07) is 1.30. The Balaban J connectivity index is 2.31. The van der Waals surface area contributed by atoms with E-state index in [9.17, 15) is 14.9 Å². The van der Waals surface area contributed by atoms with Gasteiger partial charge in [-0.2, -0.15) is 0 Å². The molecule has 0 unspecified atom stereocenters. The number of aromatic carboxylic acids is 1. The highest BCUT2D eigenvalue weighted by Gasteiger charge is 2.27. The van der Waals surface area contributed by atoms with Crippen LogP contribution in [0.1, 0.15) is 36.5 Å². The molecule has 1 aromatic heterocycles. The number of nitrogens with zero attached hydrogens (tertiary/aromatic N) is 3. The van der Waals surface area contributed by atoms with Crippen LogP contribution in [0.5, 0.6) is 0 Å². The third-order valence-corrected chi connectivity index (χ3v) is 3.29. The Morgan fingerprint density at radius 2 is 2.30 bits per heavy atom. The highest BCUT2D eigenvalue weighted by atomic mass is 16.6. The van der Waals surface area contributed by atoms with Gasteiger partial charge in [0.05, 0.1) is 4.92 Å². The van der Waals surface area contributed by atoms with Crippen molar-refractivity contribution < 1.29 is 14.8 Å². The van der Waals surface area contributed by atoms with Gasteiger partial charge in [0, 0.05) is 19.2 Å². The SMILES string of the molecule is CCCN(CC1CC1)c1cc(C(=O)O)c([N+](=O)[O-])cn1. The number of nitro groups is 1. The molecule has 0 spiro atoms. The minimum Gasteiger partial charge on any atom is -0.477 e. The first kappa shape index (κ1) is 14.2. The van der Waals surface area contributed by atoms with Crippen LogP contribution in [0.25, 0.3) is 0 Å². The fourth-order valence-electron chi connectivity index (χ4n) is 2.11. The van der Waals surface area contributed by atoms with Gasteiger partial charge < -0.3 is 10.0 Å². The maximum absolute atomic E-state index is 11.1. The molecule has 20 heavy (non-hydrogen) atoms. The number of carboxylic acids is 1. The van der Waals surface area contributed by atoms with Crippen molar-refractivity contribution in [2.45, 2.75) is 26.2 Å². The molecule has 7 heteroatoms. The molecule has 1 aromatic rings. The van der Waals surface area contributed by atoms with Crippen molar-refractivity contribution >= 4 is 17.5 Å². The molecule has 7 nitrogen and oxygen atoms in total. The number of anilines is 1. The summed E-state index contributed by atoms with van der Waals surface area (Å²) < 4.78 is 0. The van der Waals surface area contributed by atoms with E-state index in [0.29, 0.717) is 11.7 Å². The Morgan fingerprint density at radius 1 is 1.60 bits per heavy atom. The number of hydrogen-bond acceptors (Lipinski definition) is 5. The molecule has 0 atom stereocenters. The Labute approximate surface area is 116 Å². The van der Waals surface area contributed by atoms with Gasteiger partial charge in [0.2, 0.25) is 0 Å². The van der Waals surface area contributed by atoms with Crippen molar-refractivity contribution in [1.82, 2.24) is 4.98 Å². The Morgan fingerprint density at radius 3 is 2.80 bits per heavy atom. The van der Waals surface area contributed by atoms with E-state index in [-0.39, 0.29) is 5.56 Å². The lowest BCUT2D eigenvalue weighted by Crippen LogP contribution is -2.27. The van der Waals surface area contributed by atoms with Crippen molar-refractivity contribution in [3.63, 3.8) is 0 Å². The molecule has 2 rings (SSSR count). The molecular formula is C13H17N3O4. The number of carbonyl (C=O) groups is 1. The summed E-state index contributed by atoms with van der Waals surface area (Å²) in [6.07, 6.45) is 4.31. The zero-order valence-electron chi connectivity index (χ0n) is 11.3. The standard InChI is InChI=1S/C13H17N3O4/c1-2-5-15(8-9-3-4-9)12-6-10(13(17)18)11(7-14-12)16(19)20/h6-7,9H,2-5,8H2,1H3,(H,17,18). The summed E-state index contributed by atoms with van der Waals surface area (Å²) in [7, 11) is 0. The fourth-order valence-corrected chi connectivity index (χ4v) is 2.11. The van der Waals surface area contributed by atoms with Crippen LogP contribution in [-0.4, -0.2) is 34.1 Å². The first-order chi connectivity index (χ1) is 9.52. The van der Waals surface area contributed by atoms with Gasteiger partial charge in [0.15, 0.2) is 0 Å². The molecule has 0 bridgehead atoms. The largest absolute Gasteiger partial charge is 0.477 e. The van der Waals surface area contributed by atoms with Crippen molar-refractivity contribution in [2.24, 2.45) is 5.92 Å². The first-order valence-electron chi connectivity index (χ1n) is 6.65. The summed E-state index contributed by atoms with van der Waals surface area (Å²) in [5, 5.41) is 19.9. The van der Waals surface area contributed by atoms with E-state index >= 15 is 0 Å². The topological polar surface area (TPSA) is 96.6 Å². The van der Waals surface area contributed by atoms with Gasteiger partial charge in [-0.1, -0.05) is 6.92 Å². The van der Waals surface area contributed by atoms with E-state index in [1.807, 2.05) is 11.8 Å². The normalized spacial score (nSPS) is 14.1. The molecular weight excluding hydrogens is 262 g/mol. The molecule has 1 aliphatic rings. The van der Waals surface area contributed by atoms with Crippen molar-refractivity contribution in [3.05, 3.63) is 27.9 Å². The highest BCUT2D eigenvalue weighted by Crippen LogP contribution is 2.32. The van der Waals surface area contributed by atoms with Crippen LogP contribution in [0.3, 0.4) is 0 Å². The van der Waals surface area contributed by atoms with Gasteiger partial charge >= 0.3 is 11.7 Å². The van der Waals surface area contributed by atoms with Crippen molar-refractivity contribution in [1.29, 1.82) is 0 Å². The van der Waals surface area contributed by atoms with E-state index in [2.05, 4.69) is 4.98 Å². The summed E-state index contributed by atoms with van der Waals surface area (Å²) in [4.78, 5) is 27.3. The monoisotopic (exact) mass is 279 g/mol. The molecule has 0 amide bonds. The molecule has 108 valence electrons. The summed E-state index contributed by atoms with van der Waals surface area (Å²) >= 11 is 0. The van der Waals surface area contributed by atoms with Crippen LogP contribution in [-0.2, 0) is 0 Å². The maximum atomic E-state index is 11.1.